The molecule has 0 fully saturated rings. The Bertz CT molecular complexity index is 1360. The van der Waals surface area contributed by atoms with Crippen LogP contribution in [0.4, 0.5) is 0 Å². The Balaban J connectivity index is 4.33. The van der Waals surface area contributed by atoms with E-state index in [9.17, 15) is 9.59 Å². The predicted molar refractivity (Wildman–Crippen MR) is 316 cm³/mol. The van der Waals surface area contributed by atoms with E-state index in [0.29, 0.717) is 19.4 Å². The molecular weight excluding hydrogens is 885 g/mol. The fourth-order valence-electron chi connectivity index (χ4n) is 8.61. The molecule has 1 unspecified atom stereocenters. The van der Waals surface area contributed by atoms with Gasteiger partial charge in [0.05, 0.1) is 6.61 Å². The van der Waals surface area contributed by atoms with Gasteiger partial charge in [-0.3, -0.25) is 9.59 Å². The third-order valence-corrected chi connectivity index (χ3v) is 13.1. The molecule has 0 saturated heterocycles. The highest BCUT2D eigenvalue weighted by atomic mass is 16.6. The van der Waals surface area contributed by atoms with Crippen LogP contribution in [0.25, 0.3) is 0 Å². The summed E-state index contributed by atoms with van der Waals surface area (Å²) >= 11 is 0. The van der Waals surface area contributed by atoms with Gasteiger partial charge in [-0.2, -0.15) is 0 Å². The summed E-state index contributed by atoms with van der Waals surface area (Å²) in [7, 11) is 0. The number of hydrogen-bond donors (Lipinski definition) is 0. The first-order valence-electron chi connectivity index (χ1n) is 30.8. The highest BCUT2D eigenvalue weighted by molar-refractivity contribution is 5.70. The Kier molecular flexibility index (Phi) is 59.4. The molecule has 5 heteroatoms. The lowest BCUT2D eigenvalue weighted by Crippen LogP contribution is -2.30. The lowest BCUT2D eigenvalue weighted by Gasteiger charge is -2.18. The van der Waals surface area contributed by atoms with Crippen molar-refractivity contribution in [2.24, 2.45) is 0 Å². The molecule has 0 aromatic carbocycles. The van der Waals surface area contributed by atoms with Gasteiger partial charge in [-0.15, -0.1) is 0 Å². The lowest BCUT2D eigenvalue weighted by molar-refractivity contribution is -0.163. The molecule has 0 N–H and O–H groups in total. The standard InChI is InChI=1S/C67H116O5/c1-4-7-10-13-16-19-22-25-28-31-33-35-38-41-44-47-50-53-56-59-62-70-63-65(72-67(69)61-58-55-52-49-46-43-40-36-30-27-24-21-18-15-12-9-6-3)64-71-66(68)60-57-54-51-48-45-42-39-37-34-32-29-26-23-20-17-14-11-8-5-2/h7,9-10,12,16,18-19,21,25,27-28,30,33,35,40,43,65H,4-6,8,11,13-15,17,20,22-24,26,29,31-32,34,36-39,41-42,44-64H2,1-3H3/b10-7-,12-9-,19-16-,21-18-,28-25-,30-27-,35-33-,43-40-. The summed E-state index contributed by atoms with van der Waals surface area (Å²) in [6.07, 6.45) is 84.4. The van der Waals surface area contributed by atoms with Gasteiger partial charge in [0.2, 0.25) is 0 Å². The minimum atomic E-state index is -0.560. The SMILES string of the molecule is CC/C=C\C/C=C\C/C=C\C/C=C\CCCCCCCCCOCC(COC(=O)CCCCCCCCCCCCCCCCCCCCC)OC(=O)CCCCCC/C=C\C/C=C\C/C=C\C/C=C\CC. The smallest absolute Gasteiger partial charge is 0.306 e. The van der Waals surface area contributed by atoms with Gasteiger partial charge in [0, 0.05) is 19.4 Å². The third-order valence-electron chi connectivity index (χ3n) is 13.1. The maximum atomic E-state index is 12.9. The van der Waals surface area contributed by atoms with E-state index in [2.05, 4.69) is 118 Å². The van der Waals surface area contributed by atoms with Crippen molar-refractivity contribution in [1.82, 2.24) is 0 Å². The van der Waals surface area contributed by atoms with Gasteiger partial charge < -0.3 is 14.2 Å². The zero-order chi connectivity index (χ0) is 52.0. The predicted octanol–water partition coefficient (Wildman–Crippen LogP) is 21.4. The quantitative estimate of drug-likeness (QED) is 0.0345. The molecule has 0 aromatic rings. The van der Waals surface area contributed by atoms with E-state index in [-0.39, 0.29) is 25.2 Å². The van der Waals surface area contributed by atoms with Crippen molar-refractivity contribution in [3.05, 3.63) is 97.2 Å². The van der Waals surface area contributed by atoms with E-state index in [4.69, 9.17) is 14.2 Å². The van der Waals surface area contributed by atoms with Crippen LogP contribution in [-0.2, 0) is 23.8 Å². The first-order chi connectivity index (χ1) is 35.6. The number of hydrogen-bond acceptors (Lipinski definition) is 5. The van der Waals surface area contributed by atoms with Gasteiger partial charge in [-0.1, -0.05) is 279 Å². The molecule has 0 aliphatic rings. The Morgan fingerprint density at radius 1 is 0.319 bits per heavy atom. The molecule has 72 heavy (non-hydrogen) atoms. The van der Waals surface area contributed by atoms with Gasteiger partial charge in [0.25, 0.3) is 0 Å². The summed E-state index contributed by atoms with van der Waals surface area (Å²) < 4.78 is 17.5. The monoisotopic (exact) mass is 1000 g/mol. The minimum Gasteiger partial charge on any atom is -0.462 e. The molecule has 5 nitrogen and oxygen atoms in total. The molecule has 0 spiro atoms. The number of rotatable bonds is 56. The zero-order valence-corrected chi connectivity index (χ0v) is 47.7. The normalized spacial score (nSPS) is 12.9. The molecule has 0 aromatic heterocycles. The van der Waals surface area contributed by atoms with Crippen molar-refractivity contribution in [2.45, 2.75) is 297 Å². The number of ether oxygens (including phenoxy) is 3. The van der Waals surface area contributed by atoms with Crippen LogP contribution in [-0.4, -0.2) is 37.9 Å². The van der Waals surface area contributed by atoms with Gasteiger partial charge in [-0.05, 0) is 96.3 Å². The van der Waals surface area contributed by atoms with Crippen molar-refractivity contribution in [2.75, 3.05) is 19.8 Å². The van der Waals surface area contributed by atoms with Crippen LogP contribution in [0.5, 0.6) is 0 Å². The molecule has 0 saturated carbocycles. The Morgan fingerprint density at radius 2 is 0.625 bits per heavy atom. The number of carbonyl (C=O) groups is 2. The van der Waals surface area contributed by atoms with Crippen molar-refractivity contribution < 1.29 is 23.8 Å². The fourth-order valence-corrected chi connectivity index (χ4v) is 8.61. The van der Waals surface area contributed by atoms with Crippen LogP contribution >= 0.6 is 0 Å². The molecule has 1 atom stereocenters. The van der Waals surface area contributed by atoms with Crippen LogP contribution in [0, 0.1) is 0 Å². The summed E-state index contributed by atoms with van der Waals surface area (Å²) in [4.78, 5) is 25.6. The molecule has 0 bridgehead atoms. The van der Waals surface area contributed by atoms with Gasteiger partial charge in [-0.25, -0.2) is 0 Å². The largest absolute Gasteiger partial charge is 0.462 e. The average Bonchev–Trinajstić information content (AvgIpc) is 3.38. The maximum Gasteiger partial charge on any atom is 0.306 e. The molecular formula is C67H116O5. The highest BCUT2D eigenvalue weighted by Gasteiger charge is 2.17. The van der Waals surface area contributed by atoms with Gasteiger partial charge >= 0.3 is 11.9 Å². The zero-order valence-electron chi connectivity index (χ0n) is 47.7. The third kappa shape index (κ3) is 59.4. The molecule has 0 aliphatic heterocycles. The van der Waals surface area contributed by atoms with E-state index in [1.165, 1.54) is 148 Å². The highest BCUT2D eigenvalue weighted by Crippen LogP contribution is 2.16. The van der Waals surface area contributed by atoms with Crippen molar-refractivity contribution in [3.63, 3.8) is 0 Å². The van der Waals surface area contributed by atoms with E-state index in [1.807, 2.05) is 0 Å². The van der Waals surface area contributed by atoms with Crippen LogP contribution < -0.4 is 0 Å². The molecule has 0 aliphatic carbocycles. The molecule has 0 amide bonds. The summed E-state index contributed by atoms with van der Waals surface area (Å²) in [6.45, 7) is 7.59. The van der Waals surface area contributed by atoms with Crippen LogP contribution in [0.2, 0.25) is 0 Å². The van der Waals surface area contributed by atoms with Crippen molar-refractivity contribution in [1.29, 1.82) is 0 Å². The van der Waals surface area contributed by atoms with Crippen LogP contribution in [0.1, 0.15) is 290 Å². The summed E-state index contributed by atoms with van der Waals surface area (Å²) in [5.41, 5.74) is 0. The van der Waals surface area contributed by atoms with E-state index in [1.54, 1.807) is 0 Å². The van der Waals surface area contributed by atoms with Crippen molar-refractivity contribution in [3.8, 4) is 0 Å². The number of esters is 2. The van der Waals surface area contributed by atoms with Gasteiger partial charge in [0.1, 0.15) is 6.61 Å². The molecule has 414 valence electrons. The topological polar surface area (TPSA) is 61.8 Å². The average molecular weight is 1000 g/mol. The molecule has 0 radical (unpaired) electrons. The number of carbonyl (C=O) groups excluding carboxylic acids is 2. The Morgan fingerprint density at radius 3 is 1.00 bits per heavy atom. The first-order valence-corrected chi connectivity index (χ1v) is 30.8. The second-order valence-electron chi connectivity index (χ2n) is 20.2. The minimum absolute atomic E-state index is 0.0689. The molecule has 0 rings (SSSR count). The second-order valence-corrected chi connectivity index (χ2v) is 20.2. The summed E-state index contributed by atoms with van der Waals surface area (Å²) in [6, 6.07) is 0. The van der Waals surface area contributed by atoms with Crippen LogP contribution in [0.3, 0.4) is 0 Å². The first kappa shape index (κ1) is 68.8. The van der Waals surface area contributed by atoms with Gasteiger partial charge in [0.15, 0.2) is 6.10 Å². The second kappa shape index (κ2) is 62.1. The summed E-state index contributed by atoms with van der Waals surface area (Å²) in [5, 5.41) is 0. The lowest BCUT2D eigenvalue weighted by atomic mass is 10.0. The van der Waals surface area contributed by atoms with E-state index in [0.717, 1.165) is 109 Å². The maximum absolute atomic E-state index is 12.9. The van der Waals surface area contributed by atoms with E-state index >= 15 is 0 Å². The Labute approximate surface area is 447 Å². The fraction of sp³-hybridized carbons (Fsp3) is 0.731. The summed E-state index contributed by atoms with van der Waals surface area (Å²) in [5.74, 6) is -0.422. The Hall–Kier alpha value is -3.18. The van der Waals surface area contributed by atoms with Crippen LogP contribution in [0.15, 0.2) is 97.2 Å². The molecule has 0 heterocycles. The number of unbranched alkanes of at least 4 members (excludes halogenated alkanes) is 29. The van der Waals surface area contributed by atoms with E-state index < -0.39 is 6.10 Å². The number of allylic oxidation sites excluding steroid dienone is 16. The van der Waals surface area contributed by atoms with Crippen molar-refractivity contribution >= 4 is 11.9 Å².